The molecular weight excluding hydrogens is 316 g/mol. The summed E-state index contributed by atoms with van der Waals surface area (Å²) in [6.07, 6.45) is 1.62. The number of ether oxygens (including phenoxy) is 1. The first kappa shape index (κ1) is 17.0. The van der Waals surface area contributed by atoms with E-state index in [1.807, 2.05) is 60.7 Å². The maximum atomic E-state index is 12.4. The van der Waals surface area contributed by atoms with Crippen molar-refractivity contribution in [1.29, 1.82) is 0 Å². The molecule has 5 heteroatoms. The van der Waals surface area contributed by atoms with E-state index in [2.05, 4.69) is 5.32 Å². The van der Waals surface area contributed by atoms with Crippen molar-refractivity contribution in [2.24, 2.45) is 5.92 Å². The normalized spacial score (nSPS) is 17.0. The van der Waals surface area contributed by atoms with Gasteiger partial charge in [0.1, 0.15) is 5.75 Å². The van der Waals surface area contributed by atoms with Crippen LogP contribution in [0.25, 0.3) is 0 Å². The topological polar surface area (TPSA) is 58.6 Å². The van der Waals surface area contributed by atoms with E-state index < -0.39 is 0 Å². The fourth-order valence-corrected chi connectivity index (χ4v) is 2.94. The van der Waals surface area contributed by atoms with E-state index in [-0.39, 0.29) is 24.3 Å². The minimum Gasteiger partial charge on any atom is -0.484 e. The van der Waals surface area contributed by atoms with Gasteiger partial charge in [0.15, 0.2) is 6.61 Å². The molecule has 0 aromatic heterocycles. The molecule has 1 fully saturated rings. The lowest BCUT2D eigenvalue weighted by Crippen LogP contribution is -2.45. The van der Waals surface area contributed by atoms with Gasteiger partial charge in [-0.25, -0.2) is 0 Å². The third kappa shape index (κ3) is 4.83. The fourth-order valence-electron chi connectivity index (χ4n) is 2.94. The molecule has 1 heterocycles. The lowest BCUT2D eigenvalue weighted by atomic mass is 9.97. The van der Waals surface area contributed by atoms with E-state index in [0.29, 0.717) is 18.8 Å². The maximum absolute atomic E-state index is 12.4. The number of nitrogens with one attached hydrogen (secondary N) is 1. The lowest BCUT2D eigenvalue weighted by molar-refractivity contribution is -0.136. The second kappa shape index (κ2) is 8.33. The van der Waals surface area contributed by atoms with Crippen LogP contribution in [0, 0.1) is 5.92 Å². The highest BCUT2D eigenvalue weighted by molar-refractivity contribution is 5.93. The minimum absolute atomic E-state index is 0.00294. The Balaban J connectivity index is 1.51. The SMILES string of the molecule is O=C(Nc1ccccc1)C1CCCN(C(=O)COc2ccccc2)C1. The summed E-state index contributed by atoms with van der Waals surface area (Å²) in [6, 6.07) is 18.7. The molecule has 130 valence electrons. The molecule has 2 aromatic carbocycles. The number of carbonyl (C=O) groups excluding carboxylic acids is 2. The predicted molar refractivity (Wildman–Crippen MR) is 96.3 cm³/mol. The van der Waals surface area contributed by atoms with Crippen LogP contribution in [-0.2, 0) is 9.59 Å². The smallest absolute Gasteiger partial charge is 0.260 e. The van der Waals surface area contributed by atoms with Crippen molar-refractivity contribution in [2.45, 2.75) is 12.8 Å². The van der Waals surface area contributed by atoms with Crippen LogP contribution in [0.3, 0.4) is 0 Å². The van der Waals surface area contributed by atoms with Crippen molar-refractivity contribution in [3.63, 3.8) is 0 Å². The quantitative estimate of drug-likeness (QED) is 0.912. The summed E-state index contributed by atoms with van der Waals surface area (Å²) in [6.45, 7) is 1.11. The standard InChI is InChI=1S/C20H22N2O3/c23-19(15-25-18-11-5-2-6-12-18)22-13-7-8-16(14-22)20(24)21-17-9-3-1-4-10-17/h1-6,9-12,16H,7-8,13-15H2,(H,21,24). The number of hydrogen-bond donors (Lipinski definition) is 1. The summed E-state index contributed by atoms with van der Waals surface area (Å²) in [5, 5.41) is 2.92. The van der Waals surface area contributed by atoms with Crippen LogP contribution in [0.5, 0.6) is 5.75 Å². The molecule has 0 spiro atoms. The largest absolute Gasteiger partial charge is 0.484 e. The van der Waals surface area contributed by atoms with Gasteiger partial charge in [-0.3, -0.25) is 9.59 Å². The van der Waals surface area contributed by atoms with Crippen molar-refractivity contribution >= 4 is 17.5 Å². The van der Waals surface area contributed by atoms with Gasteiger partial charge in [0.2, 0.25) is 5.91 Å². The second-order valence-corrected chi connectivity index (χ2v) is 6.14. The molecule has 0 saturated carbocycles. The second-order valence-electron chi connectivity index (χ2n) is 6.14. The van der Waals surface area contributed by atoms with Gasteiger partial charge in [-0.15, -0.1) is 0 Å². The van der Waals surface area contributed by atoms with Crippen LogP contribution in [0.1, 0.15) is 12.8 Å². The Hall–Kier alpha value is -2.82. The van der Waals surface area contributed by atoms with Crippen LogP contribution < -0.4 is 10.1 Å². The number of para-hydroxylation sites is 2. The van der Waals surface area contributed by atoms with Gasteiger partial charge in [-0.1, -0.05) is 36.4 Å². The zero-order valence-electron chi connectivity index (χ0n) is 14.1. The molecule has 25 heavy (non-hydrogen) atoms. The Labute approximate surface area is 147 Å². The Morgan fingerprint density at radius 2 is 1.72 bits per heavy atom. The van der Waals surface area contributed by atoms with Crippen LogP contribution >= 0.6 is 0 Å². The summed E-state index contributed by atoms with van der Waals surface area (Å²) >= 11 is 0. The van der Waals surface area contributed by atoms with Crippen molar-refractivity contribution in [3.05, 3.63) is 60.7 Å². The molecule has 2 amide bonds. The highest BCUT2D eigenvalue weighted by Gasteiger charge is 2.28. The van der Waals surface area contributed by atoms with Gasteiger partial charge in [-0.05, 0) is 37.1 Å². The summed E-state index contributed by atoms with van der Waals surface area (Å²) in [7, 11) is 0. The number of hydrogen-bond acceptors (Lipinski definition) is 3. The Morgan fingerprint density at radius 3 is 2.44 bits per heavy atom. The Kier molecular flexibility index (Phi) is 5.67. The van der Waals surface area contributed by atoms with E-state index >= 15 is 0 Å². The number of piperidine rings is 1. The molecule has 1 saturated heterocycles. The van der Waals surface area contributed by atoms with Crippen LogP contribution in [-0.4, -0.2) is 36.4 Å². The molecule has 5 nitrogen and oxygen atoms in total. The molecule has 1 aliphatic rings. The first-order valence-corrected chi connectivity index (χ1v) is 8.54. The predicted octanol–water partition coefficient (Wildman–Crippen LogP) is 2.94. The van der Waals surface area contributed by atoms with E-state index in [4.69, 9.17) is 4.74 Å². The van der Waals surface area contributed by atoms with Crippen molar-refractivity contribution < 1.29 is 14.3 Å². The number of rotatable bonds is 5. The zero-order valence-corrected chi connectivity index (χ0v) is 14.1. The minimum atomic E-state index is -0.186. The molecular formula is C20H22N2O3. The van der Waals surface area contributed by atoms with Gasteiger partial charge in [0, 0.05) is 18.8 Å². The molecule has 2 aromatic rings. The number of likely N-dealkylation sites (tertiary alicyclic amines) is 1. The van der Waals surface area contributed by atoms with Crippen LogP contribution in [0.2, 0.25) is 0 Å². The molecule has 0 bridgehead atoms. The molecule has 1 unspecified atom stereocenters. The van der Waals surface area contributed by atoms with Gasteiger partial charge in [-0.2, -0.15) is 0 Å². The first-order valence-electron chi connectivity index (χ1n) is 8.54. The zero-order chi connectivity index (χ0) is 17.5. The van der Waals surface area contributed by atoms with Crippen LogP contribution in [0.4, 0.5) is 5.69 Å². The monoisotopic (exact) mass is 338 g/mol. The first-order chi connectivity index (χ1) is 12.2. The van der Waals surface area contributed by atoms with Crippen molar-refractivity contribution in [1.82, 2.24) is 4.90 Å². The number of anilines is 1. The average molecular weight is 338 g/mol. The number of amides is 2. The highest BCUT2D eigenvalue weighted by atomic mass is 16.5. The summed E-state index contributed by atoms with van der Waals surface area (Å²) in [5.74, 6) is 0.370. The third-order valence-electron chi connectivity index (χ3n) is 4.29. The summed E-state index contributed by atoms with van der Waals surface area (Å²) in [4.78, 5) is 26.5. The van der Waals surface area contributed by atoms with Gasteiger partial charge >= 0.3 is 0 Å². The molecule has 1 aliphatic heterocycles. The van der Waals surface area contributed by atoms with Crippen molar-refractivity contribution in [3.8, 4) is 5.75 Å². The van der Waals surface area contributed by atoms with Gasteiger partial charge < -0.3 is 15.0 Å². The number of benzene rings is 2. The maximum Gasteiger partial charge on any atom is 0.260 e. The Morgan fingerprint density at radius 1 is 1.04 bits per heavy atom. The molecule has 3 rings (SSSR count). The molecule has 1 N–H and O–H groups in total. The highest BCUT2D eigenvalue weighted by Crippen LogP contribution is 2.19. The fraction of sp³-hybridized carbons (Fsp3) is 0.300. The van der Waals surface area contributed by atoms with E-state index in [1.165, 1.54) is 0 Å². The number of nitrogens with zero attached hydrogens (tertiary/aromatic N) is 1. The summed E-state index contributed by atoms with van der Waals surface area (Å²) in [5.41, 5.74) is 0.781. The van der Waals surface area contributed by atoms with Crippen molar-refractivity contribution in [2.75, 3.05) is 25.0 Å². The third-order valence-corrected chi connectivity index (χ3v) is 4.29. The van der Waals surface area contributed by atoms with E-state index in [0.717, 1.165) is 18.5 Å². The summed E-state index contributed by atoms with van der Waals surface area (Å²) < 4.78 is 5.52. The molecule has 0 radical (unpaired) electrons. The molecule has 0 aliphatic carbocycles. The number of carbonyl (C=O) groups is 2. The Bertz CT molecular complexity index is 703. The van der Waals surface area contributed by atoms with Gasteiger partial charge in [0.05, 0.1) is 5.92 Å². The van der Waals surface area contributed by atoms with E-state index in [1.54, 1.807) is 4.90 Å². The molecule has 1 atom stereocenters. The van der Waals surface area contributed by atoms with E-state index in [9.17, 15) is 9.59 Å². The van der Waals surface area contributed by atoms with Gasteiger partial charge in [0.25, 0.3) is 5.91 Å². The van der Waals surface area contributed by atoms with Crippen LogP contribution in [0.15, 0.2) is 60.7 Å². The lowest BCUT2D eigenvalue weighted by Gasteiger charge is -2.32. The average Bonchev–Trinajstić information content (AvgIpc) is 2.68.